The van der Waals surface area contributed by atoms with Crippen LogP contribution in [0, 0.1) is 13.8 Å². The van der Waals surface area contributed by atoms with E-state index in [2.05, 4.69) is 15.5 Å². The first kappa shape index (κ1) is 19.8. The average Bonchev–Trinajstić information content (AvgIpc) is 3.17. The molecule has 0 saturated carbocycles. The van der Waals surface area contributed by atoms with Crippen molar-refractivity contribution in [2.24, 2.45) is 0 Å². The minimum atomic E-state index is -0.377. The predicted octanol–water partition coefficient (Wildman–Crippen LogP) is 3.87. The lowest BCUT2D eigenvalue weighted by molar-refractivity contribution is -0.118. The Labute approximate surface area is 176 Å². The molecule has 0 spiro atoms. The van der Waals surface area contributed by atoms with Crippen LogP contribution in [-0.2, 0) is 11.2 Å². The molecule has 0 aliphatic heterocycles. The lowest BCUT2D eigenvalue weighted by atomic mass is 10.1. The summed E-state index contributed by atoms with van der Waals surface area (Å²) in [6, 6.07) is 15.1. The van der Waals surface area contributed by atoms with Crippen LogP contribution in [0.15, 0.2) is 57.7 Å². The Kier molecular flexibility index (Phi) is 5.58. The molecule has 0 atom stereocenters. The lowest BCUT2D eigenvalue weighted by Gasteiger charge is -2.08. The van der Waals surface area contributed by atoms with Gasteiger partial charge in [0.15, 0.2) is 6.61 Å². The van der Waals surface area contributed by atoms with Crippen molar-refractivity contribution >= 4 is 33.3 Å². The molecule has 4 aromatic rings. The van der Waals surface area contributed by atoms with Crippen molar-refractivity contribution < 1.29 is 13.9 Å². The molecule has 2 heterocycles. The van der Waals surface area contributed by atoms with Crippen molar-refractivity contribution in [3.63, 3.8) is 0 Å². The summed E-state index contributed by atoms with van der Waals surface area (Å²) in [7, 11) is 0. The van der Waals surface area contributed by atoms with Crippen LogP contribution in [0.4, 0.5) is 5.13 Å². The van der Waals surface area contributed by atoms with Gasteiger partial charge in [-0.25, -0.2) is 4.79 Å². The van der Waals surface area contributed by atoms with E-state index in [0.717, 1.165) is 21.5 Å². The summed E-state index contributed by atoms with van der Waals surface area (Å²) in [6.07, 6.45) is 0.659. The maximum Gasteiger partial charge on any atom is 0.339 e. The first-order valence-corrected chi connectivity index (χ1v) is 10.1. The first-order chi connectivity index (χ1) is 14.5. The SMILES string of the molecule is Cc1c(C)c2ccc(OCC(=O)Nc3nnc(Cc4ccccc4)s3)cc2oc1=O. The predicted molar refractivity (Wildman–Crippen MR) is 115 cm³/mol. The number of rotatable bonds is 6. The van der Waals surface area contributed by atoms with Gasteiger partial charge in [0.05, 0.1) is 0 Å². The number of benzene rings is 2. The molecule has 1 amide bonds. The van der Waals surface area contributed by atoms with Crippen LogP contribution in [-0.4, -0.2) is 22.7 Å². The van der Waals surface area contributed by atoms with Gasteiger partial charge >= 0.3 is 5.63 Å². The third-order valence-corrected chi connectivity index (χ3v) is 5.55. The van der Waals surface area contributed by atoms with Gasteiger partial charge < -0.3 is 9.15 Å². The van der Waals surface area contributed by atoms with E-state index in [0.29, 0.717) is 28.4 Å². The molecular formula is C22H19N3O4S. The van der Waals surface area contributed by atoms with Crippen molar-refractivity contribution in [1.82, 2.24) is 10.2 Å². The van der Waals surface area contributed by atoms with E-state index in [1.54, 1.807) is 19.1 Å². The van der Waals surface area contributed by atoms with Gasteiger partial charge in [0.25, 0.3) is 5.91 Å². The second-order valence-electron chi connectivity index (χ2n) is 6.80. The number of amides is 1. The number of hydrogen-bond donors (Lipinski definition) is 1. The van der Waals surface area contributed by atoms with E-state index < -0.39 is 0 Å². The molecular weight excluding hydrogens is 402 g/mol. The smallest absolute Gasteiger partial charge is 0.339 e. The number of ether oxygens (including phenoxy) is 1. The van der Waals surface area contributed by atoms with Crippen molar-refractivity contribution in [3.8, 4) is 5.75 Å². The van der Waals surface area contributed by atoms with Gasteiger partial charge in [-0.2, -0.15) is 0 Å². The largest absolute Gasteiger partial charge is 0.484 e. The Morgan fingerprint density at radius 3 is 2.70 bits per heavy atom. The van der Waals surface area contributed by atoms with E-state index in [9.17, 15) is 9.59 Å². The third-order valence-electron chi connectivity index (χ3n) is 4.71. The quantitative estimate of drug-likeness (QED) is 0.475. The van der Waals surface area contributed by atoms with Gasteiger partial charge in [-0.15, -0.1) is 10.2 Å². The maximum atomic E-state index is 12.2. The fourth-order valence-corrected chi connectivity index (χ4v) is 3.76. The lowest BCUT2D eigenvalue weighted by Crippen LogP contribution is -2.20. The maximum absolute atomic E-state index is 12.2. The standard InChI is InChI=1S/C22H19N3O4S/c1-13-14(2)21(27)29-18-11-16(8-9-17(13)18)28-12-19(26)23-22-25-24-20(30-22)10-15-6-4-3-5-7-15/h3-9,11H,10,12H2,1-2H3,(H,23,25,26). The fraction of sp³-hybridized carbons (Fsp3) is 0.182. The molecule has 8 heteroatoms. The van der Waals surface area contributed by atoms with E-state index in [1.807, 2.05) is 43.3 Å². The number of carbonyl (C=O) groups excluding carboxylic acids is 1. The molecule has 0 bridgehead atoms. The van der Waals surface area contributed by atoms with E-state index >= 15 is 0 Å². The molecule has 0 radical (unpaired) electrons. The summed E-state index contributed by atoms with van der Waals surface area (Å²) in [5.41, 5.74) is 2.63. The normalized spacial score (nSPS) is 10.9. The van der Waals surface area contributed by atoms with Crippen LogP contribution in [0.3, 0.4) is 0 Å². The zero-order valence-electron chi connectivity index (χ0n) is 16.5. The number of aromatic nitrogens is 2. The van der Waals surface area contributed by atoms with E-state index in [4.69, 9.17) is 9.15 Å². The Morgan fingerprint density at radius 2 is 1.90 bits per heavy atom. The monoisotopic (exact) mass is 421 g/mol. The van der Waals surface area contributed by atoms with Gasteiger partial charge in [0, 0.05) is 23.4 Å². The van der Waals surface area contributed by atoms with Crippen LogP contribution in [0.1, 0.15) is 21.7 Å². The summed E-state index contributed by atoms with van der Waals surface area (Å²) >= 11 is 1.32. The number of aryl methyl sites for hydroxylation is 1. The molecule has 0 aliphatic carbocycles. The third kappa shape index (κ3) is 4.38. The van der Waals surface area contributed by atoms with E-state index in [1.165, 1.54) is 11.3 Å². The molecule has 30 heavy (non-hydrogen) atoms. The van der Waals surface area contributed by atoms with Crippen LogP contribution in [0.5, 0.6) is 5.75 Å². The van der Waals surface area contributed by atoms with E-state index in [-0.39, 0.29) is 18.1 Å². The van der Waals surface area contributed by atoms with Crippen molar-refractivity contribution in [3.05, 3.63) is 80.6 Å². The molecule has 1 N–H and O–H groups in total. The second-order valence-corrected chi connectivity index (χ2v) is 7.86. The van der Waals surface area contributed by atoms with Crippen LogP contribution in [0.25, 0.3) is 11.0 Å². The topological polar surface area (TPSA) is 94.3 Å². The Morgan fingerprint density at radius 1 is 1.10 bits per heavy atom. The van der Waals surface area contributed by atoms with Crippen molar-refractivity contribution in [2.75, 3.05) is 11.9 Å². The molecule has 2 aromatic carbocycles. The van der Waals surface area contributed by atoms with Gasteiger partial charge in [0.2, 0.25) is 5.13 Å². The van der Waals surface area contributed by atoms with Gasteiger partial charge in [-0.3, -0.25) is 10.1 Å². The molecule has 2 aromatic heterocycles. The number of fused-ring (bicyclic) bond motifs is 1. The molecule has 152 valence electrons. The number of anilines is 1. The fourth-order valence-electron chi connectivity index (χ4n) is 2.97. The Balaban J connectivity index is 1.37. The molecule has 7 nitrogen and oxygen atoms in total. The Bertz CT molecular complexity index is 1260. The zero-order chi connectivity index (χ0) is 21.1. The molecule has 0 aliphatic rings. The number of nitrogens with zero attached hydrogens (tertiary/aromatic N) is 2. The van der Waals surface area contributed by atoms with Crippen LogP contribution < -0.4 is 15.7 Å². The van der Waals surface area contributed by atoms with Crippen molar-refractivity contribution in [2.45, 2.75) is 20.3 Å². The highest BCUT2D eigenvalue weighted by atomic mass is 32.1. The minimum Gasteiger partial charge on any atom is -0.484 e. The molecule has 0 unspecified atom stereocenters. The number of nitrogens with one attached hydrogen (secondary N) is 1. The van der Waals surface area contributed by atoms with Crippen LogP contribution >= 0.6 is 11.3 Å². The number of carbonyl (C=O) groups is 1. The summed E-state index contributed by atoms with van der Waals surface area (Å²) in [6.45, 7) is 3.40. The first-order valence-electron chi connectivity index (χ1n) is 9.32. The summed E-state index contributed by atoms with van der Waals surface area (Å²) in [4.78, 5) is 24.1. The van der Waals surface area contributed by atoms with Crippen LogP contribution in [0.2, 0.25) is 0 Å². The highest BCUT2D eigenvalue weighted by Crippen LogP contribution is 2.24. The Hall–Kier alpha value is -3.52. The summed E-state index contributed by atoms with van der Waals surface area (Å²) in [5.74, 6) is 0.0881. The molecule has 0 fully saturated rings. The highest BCUT2D eigenvalue weighted by Gasteiger charge is 2.11. The number of hydrogen-bond acceptors (Lipinski definition) is 7. The molecule has 4 rings (SSSR count). The summed E-state index contributed by atoms with van der Waals surface area (Å²) in [5, 5.41) is 12.9. The highest BCUT2D eigenvalue weighted by molar-refractivity contribution is 7.15. The second kappa shape index (κ2) is 8.46. The van der Waals surface area contributed by atoms with Gasteiger partial charge in [-0.05, 0) is 37.1 Å². The molecule has 0 saturated heterocycles. The van der Waals surface area contributed by atoms with Gasteiger partial charge in [0.1, 0.15) is 16.3 Å². The zero-order valence-corrected chi connectivity index (χ0v) is 17.3. The van der Waals surface area contributed by atoms with Crippen molar-refractivity contribution in [1.29, 1.82) is 0 Å². The average molecular weight is 421 g/mol. The summed E-state index contributed by atoms with van der Waals surface area (Å²) < 4.78 is 10.9. The minimum absolute atomic E-state index is 0.200. The van der Waals surface area contributed by atoms with Gasteiger partial charge in [-0.1, -0.05) is 41.7 Å².